The lowest BCUT2D eigenvalue weighted by molar-refractivity contribution is 0.0601. The Balaban J connectivity index is 1.98. The molecule has 5 heteroatoms. The highest BCUT2D eigenvalue weighted by Gasteiger charge is 2.11. The molecule has 2 aromatic rings. The van der Waals surface area contributed by atoms with Gasteiger partial charge in [0.1, 0.15) is 11.4 Å². The Morgan fingerprint density at radius 2 is 2.16 bits per heavy atom. The first-order chi connectivity index (χ1) is 9.31. The molecule has 2 aromatic heterocycles. The first kappa shape index (κ1) is 13.0. The number of ether oxygens (including phenoxy) is 1. The Hall–Kier alpha value is -2.43. The number of esters is 1. The number of methoxy groups -OCH3 is 1. The van der Waals surface area contributed by atoms with Crippen LogP contribution in [0.4, 0.5) is 5.82 Å². The van der Waals surface area contributed by atoms with Gasteiger partial charge < -0.3 is 10.1 Å². The molecule has 0 unspecified atom stereocenters. The van der Waals surface area contributed by atoms with Crippen molar-refractivity contribution in [2.75, 3.05) is 19.0 Å². The maximum atomic E-state index is 11.6. The Labute approximate surface area is 111 Å². The van der Waals surface area contributed by atoms with Crippen LogP contribution in [0, 0.1) is 0 Å². The highest BCUT2D eigenvalue weighted by atomic mass is 16.5. The fourth-order valence-electron chi connectivity index (χ4n) is 1.69. The number of pyridine rings is 2. The third kappa shape index (κ3) is 3.51. The summed E-state index contributed by atoms with van der Waals surface area (Å²) >= 11 is 0. The summed E-state index contributed by atoms with van der Waals surface area (Å²) in [5, 5.41) is 3.14. The summed E-state index contributed by atoms with van der Waals surface area (Å²) in [7, 11) is 1.36. The van der Waals surface area contributed by atoms with Crippen molar-refractivity contribution in [1.29, 1.82) is 0 Å². The molecule has 98 valence electrons. The molecule has 0 bridgehead atoms. The average Bonchev–Trinajstić information content (AvgIpc) is 2.48. The van der Waals surface area contributed by atoms with Crippen LogP contribution in [0.2, 0.25) is 0 Å². The molecular formula is C14H15N3O2. The van der Waals surface area contributed by atoms with Crippen molar-refractivity contribution in [2.24, 2.45) is 0 Å². The summed E-state index contributed by atoms with van der Waals surface area (Å²) in [4.78, 5) is 19.8. The van der Waals surface area contributed by atoms with E-state index in [2.05, 4.69) is 15.3 Å². The Kier molecular flexibility index (Phi) is 4.44. The standard InChI is InChI=1S/C14H15N3O2/c1-19-14(18)12-5-3-8-16-13(12)17-9-6-11-4-2-7-15-10-11/h2-5,7-8,10H,6,9H2,1H3,(H,16,17). The van der Waals surface area contributed by atoms with Crippen LogP contribution in [0.1, 0.15) is 15.9 Å². The summed E-state index contributed by atoms with van der Waals surface area (Å²) in [6, 6.07) is 7.30. The zero-order valence-electron chi connectivity index (χ0n) is 10.7. The molecule has 5 nitrogen and oxygen atoms in total. The lowest BCUT2D eigenvalue weighted by Crippen LogP contribution is -2.12. The van der Waals surface area contributed by atoms with E-state index in [-0.39, 0.29) is 0 Å². The van der Waals surface area contributed by atoms with Crippen LogP contribution in [0.25, 0.3) is 0 Å². The van der Waals surface area contributed by atoms with Gasteiger partial charge >= 0.3 is 5.97 Å². The zero-order valence-corrected chi connectivity index (χ0v) is 10.7. The maximum Gasteiger partial charge on any atom is 0.341 e. The highest BCUT2D eigenvalue weighted by molar-refractivity contribution is 5.94. The second-order valence-corrected chi connectivity index (χ2v) is 3.93. The third-order valence-corrected chi connectivity index (χ3v) is 2.64. The molecule has 0 amide bonds. The van der Waals surface area contributed by atoms with E-state index >= 15 is 0 Å². The number of carbonyl (C=O) groups is 1. The normalized spacial score (nSPS) is 9.95. The van der Waals surface area contributed by atoms with E-state index in [1.165, 1.54) is 7.11 Å². The first-order valence-electron chi connectivity index (χ1n) is 5.97. The van der Waals surface area contributed by atoms with Gasteiger partial charge in [-0.15, -0.1) is 0 Å². The lowest BCUT2D eigenvalue weighted by atomic mass is 10.2. The van der Waals surface area contributed by atoms with Crippen LogP contribution >= 0.6 is 0 Å². The van der Waals surface area contributed by atoms with Crippen LogP contribution in [-0.2, 0) is 11.2 Å². The number of aromatic nitrogens is 2. The second kappa shape index (κ2) is 6.49. The van der Waals surface area contributed by atoms with Crippen molar-refractivity contribution in [1.82, 2.24) is 9.97 Å². The Bertz CT molecular complexity index is 543. The van der Waals surface area contributed by atoms with E-state index in [4.69, 9.17) is 4.74 Å². The average molecular weight is 257 g/mol. The molecule has 1 N–H and O–H groups in total. The molecule has 0 aliphatic rings. The largest absolute Gasteiger partial charge is 0.465 e. The number of nitrogens with zero attached hydrogens (tertiary/aromatic N) is 2. The molecule has 0 saturated carbocycles. The minimum Gasteiger partial charge on any atom is -0.465 e. The molecule has 2 heterocycles. The SMILES string of the molecule is COC(=O)c1cccnc1NCCc1cccnc1. The maximum absolute atomic E-state index is 11.6. The summed E-state index contributed by atoms with van der Waals surface area (Å²) < 4.78 is 4.71. The van der Waals surface area contributed by atoms with Gasteiger partial charge in [-0.1, -0.05) is 6.07 Å². The molecule has 2 rings (SSSR count). The number of nitrogens with one attached hydrogen (secondary N) is 1. The van der Waals surface area contributed by atoms with Gasteiger partial charge in [-0.3, -0.25) is 4.98 Å². The highest BCUT2D eigenvalue weighted by Crippen LogP contribution is 2.12. The number of hydrogen-bond acceptors (Lipinski definition) is 5. The summed E-state index contributed by atoms with van der Waals surface area (Å²) in [6.07, 6.45) is 6.01. The number of carbonyl (C=O) groups excluding carboxylic acids is 1. The summed E-state index contributed by atoms with van der Waals surface area (Å²) in [5.41, 5.74) is 1.57. The number of anilines is 1. The monoisotopic (exact) mass is 257 g/mol. The van der Waals surface area contributed by atoms with Gasteiger partial charge in [0.25, 0.3) is 0 Å². The molecule has 0 saturated heterocycles. The van der Waals surface area contributed by atoms with Gasteiger partial charge in [0.2, 0.25) is 0 Å². The number of rotatable bonds is 5. The molecule has 0 radical (unpaired) electrons. The number of hydrogen-bond donors (Lipinski definition) is 1. The fraction of sp³-hybridized carbons (Fsp3) is 0.214. The predicted octanol–water partition coefficient (Wildman–Crippen LogP) is 1.92. The summed E-state index contributed by atoms with van der Waals surface area (Å²) in [6.45, 7) is 0.673. The molecule has 0 spiro atoms. The van der Waals surface area contributed by atoms with Crippen molar-refractivity contribution < 1.29 is 9.53 Å². The molecular weight excluding hydrogens is 242 g/mol. The van der Waals surface area contributed by atoms with Crippen molar-refractivity contribution >= 4 is 11.8 Å². The van der Waals surface area contributed by atoms with E-state index in [0.717, 1.165) is 12.0 Å². The molecule has 0 atom stereocenters. The van der Waals surface area contributed by atoms with Crippen LogP contribution in [-0.4, -0.2) is 29.6 Å². The van der Waals surface area contributed by atoms with E-state index in [1.54, 1.807) is 24.5 Å². The predicted molar refractivity (Wildman–Crippen MR) is 72.0 cm³/mol. The van der Waals surface area contributed by atoms with E-state index in [1.807, 2.05) is 18.3 Å². The second-order valence-electron chi connectivity index (χ2n) is 3.93. The third-order valence-electron chi connectivity index (χ3n) is 2.64. The molecule has 0 aromatic carbocycles. The minimum absolute atomic E-state index is 0.392. The minimum atomic E-state index is -0.392. The fourth-order valence-corrected chi connectivity index (χ4v) is 1.69. The van der Waals surface area contributed by atoms with Crippen molar-refractivity contribution in [3.05, 3.63) is 54.0 Å². The Morgan fingerprint density at radius 3 is 2.89 bits per heavy atom. The molecule has 0 aliphatic heterocycles. The van der Waals surface area contributed by atoms with Gasteiger partial charge in [0, 0.05) is 25.1 Å². The molecule has 0 fully saturated rings. The van der Waals surface area contributed by atoms with E-state index in [0.29, 0.717) is 17.9 Å². The lowest BCUT2D eigenvalue weighted by Gasteiger charge is -2.09. The topological polar surface area (TPSA) is 64.1 Å². The quantitative estimate of drug-likeness (QED) is 0.829. The van der Waals surface area contributed by atoms with Gasteiger partial charge in [-0.05, 0) is 30.2 Å². The van der Waals surface area contributed by atoms with Crippen molar-refractivity contribution in [3.8, 4) is 0 Å². The summed E-state index contributed by atoms with van der Waals surface area (Å²) in [5.74, 6) is 0.148. The van der Waals surface area contributed by atoms with Gasteiger partial charge in [0.15, 0.2) is 0 Å². The van der Waals surface area contributed by atoms with Gasteiger partial charge in [-0.2, -0.15) is 0 Å². The van der Waals surface area contributed by atoms with Crippen molar-refractivity contribution in [2.45, 2.75) is 6.42 Å². The van der Waals surface area contributed by atoms with Crippen LogP contribution in [0.15, 0.2) is 42.9 Å². The van der Waals surface area contributed by atoms with E-state index < -0.39 is 5.97 Å². The smallest absolute Gasteiger partial charge is 0.341 e. The Morgan fingerprint density at radius 1 is 1.32 bits per heavy atom. The zero-order chi connectivity index (χ0) is 13.5. The van der Waals surface area contributed by atoms with Crippen LogP contribution < -0.4 is 5.32 Å². The van der Waals surface area contributed by atoms with Gasteiger partial charge in [-0.25, -0.2) is 9.78 Å². The first-order valence-corrected chi connectivity index (χ1v) is 5.97. The van der Waals surface area contributed by atoms with E-state index in [9.17, 15) is 4.79 Å². The van der Waals surface area contributed by atoms with Crippen molar-refractivity contribution in [3.63, 3.8) is 0 Å². The van der Waals surface area contributed by atoms with Crippen LogP contribution in [0.5, 0.6) is 0 Å². The van der Waals surface area contributed by atoms with Gasteiger partial charge in [0.05, 0.1) is 7.11 Å². The molecule has 0 aliphatic carbocycles. The molecule has 19 heavy (non-hydrogen) atoms. The van der Waals surface area contributed by atoms with Crippen LogP contribution in [0.3, 0.4) is 0 Å².